The first-order valence-electron chi connectivity index (χ1n) is 10.6. The van der Waals surface area contributed by atoms with Crippen LogP contribution in [0.15, 0.2) is 12.2 Å². The van der Waals surface area contributed by atoms with Gasteiger partial charge in [-0.05, 0) is 32.1 Å². The average molecular weight is 373 g/mol. The van der Waals surface area contributed by atoms with Gasteiger partial charge in [0.15, 0.2) is 0 Å². The van der Waals surface area contributed by atoms with Crippen molar-refractivity contribution in [2.45, 2.75) is 102 Å². The molecule has 0 aromatic carbocycles. The molecule has 1 aliphatic rings. The molecule has 1 fully saturated rings. The zero-order valence-electron chi connectivity index (χ0n) is 16.5. The van der Waals surface area contributed by atoms with E-state index in [1.54, 1.807) is 0 Å². The molecular formula is C21H40O5. The zero-order valence-corrected chi connectivity index (χ0v) is 16.5. The highest BCUT2D eigenvalue weighted by molar-refractivity contribution is 4.88. The van der Waals surface area contributed by atoms with Gasteiger partial charge in [0, 0.05) is 6.61 Å². The van der Waals surface area contributed by atoms with Gasteiger partial charge in [0.05, 0.1) is 13.2 Å². The zero-order chi connectivity index (χ0) is 19.0. The Labute approximate surface area is 159 Å². The number of ether oxygens (including phenoxy) is 2. The predicted octanol–water partition coefficient (Wildman–Crippen LogP) is 3.35. The van der Waals surface area contributed by atoms with Crippen molar-refractivity contribution in [3.05, 3.63) is 12.2 Å². The first-order valence-corrected chi connectivity index (χ1v) is 10.6. The van der Waals surface area contributed by atoms with Crippen molar-refractivity contribution in [1.29, 1.82) is 0 Å². The second-order valence-electron chi connectivity index (χ2n) is 7.32. The molecule has 154 valence electrons. The van der Waals surface area contributed by atoms with Gasteiger partial charge in [0.25, 0.3) is 0 Å². The Kier molecular flexibility index (Phi) is 14.1. The molecule has 1 aliphatic heterocycles. The van der Waals surface area contributed by atoms with Gasteiger partial charge in [-0.15, -0.1) is 0 Å². The topological polar surface area (TPSA) is 79.2 Å². The highest BCUT2D eigenvalue weighted by Gasteiger charge is 2.40. The van der Waals surface area contributed by atoms with Crippen LogP contribution < -0.4 is 0 Å². The van der Waals surface area contributed by atoms with Gasteiger partial charge in [-0.25, -0.2) is 0 Å². The molecule has 1 rings (SSSR count). The normalized spacial score (nSPS) is 24.5. The Morgan fingerprint density at radius 1 is 0.962 bits per heavy atom. The lowest BCUT2D eigenvalue weighted by Gasteiger charge is -2.24. The third kappa shape index (κ3) is 10.0. The van der Waals surface area contributed by atoms with E-state index in [0.717, 1.165) is 19.3 Å². The number of unbranched alkanes of at least 4 members (excludes halogenated alkanes) is 9. The van der Waals surface area contributed by atoms with E-state index in [1.165, 1.54) is 51.4 Å². The minimum Gasteiger partial charge on any atom is -0.394 e. The van der Waals surface area contributed by atoms with E-state index in [-0.39, 0.29) is 13.2 Å². The molecule has 0 spiro atoms. The lowest BCUT2D eigenvalue weighted by atomic mass is 10.1. The van der Waals surface area contributed by atoms with Gasteiger partial charge in [0.2, 0.25) is 0 Å². The summed E-state index contributed by atoms with van der Waals surface area (Å²) >= 11 is 0. The number of rotatable bonds is 16. The van der Waals surface area contributed by atoms with Crippen LogP contribution in [0.1, 0.15) is 77.6 Å². The maximum Gasteiger partial charge on any atom is 0.114 e. The van der Waals surface area contributed by atoms with Gasteiger partial charge in [0.1, 0.15) is 24.4 Å². The third-order valence-electron chi connectivity index (χ3n) is 4.97. The van der Waals surface area contributed by atoms with E-state index in [1.807, 2.05) is 0 Å². The van der Waals surface area contributed by atoms with Crippen molar-refractivity contribution in [2.24, 2.45) is 0 Å². The highest BCUT2D eigenvalue weighted by Crippen LogP contribution is 2.19. The number of hydrogen-bond donors (Lipinski definition) is 3. The fourth-order valence-electron chi connectivity index (χ4n) is 3.26. The van der Waals surface area contributed by atoms with Crippen LogP contribution in [0.2, 0.25) is 0 Å². The summed E-state index contributed by atoms with van der Waals surface area (Å²) in [6, 6.07) is 0. The van der Waals surface area contributed by atoms with Crippen LogP contribution in [0.5, 0.6) is 0 Å². The van der Waals surface area contributed by atoms with Crippen LogP contribution in [0, 0.1) is 0 Å². The summed E-state index contributed by atoms with van der Waals surface area (Å²) in [5, 5.41) is 28.7. The van der Waals surface area contributed by atoms with E-state index in [2.05, 4.69) is 19.1 Å². The Morgan fingerprint density at radius 2 is 1.58 bits per heavy atom. The van der Waals surface area contributed by atoms with Crippen LogP contribution in [0.25, 0.3) is 0 Å². The molecule has 0 saturated carbocycles. The molecule has 26 heavy (non-hydrogen) atoms. The van der Waals surface area contributed by atoms with E-state index in [0.29, 0.717) is 6.61 Å². The highest BCUT2D eigenvalue weighted by atomic mass is 16.6. The van der Waals surface area contributed by atoms with Gasteiger partial charge in [-0.1, -0.05) is 57.6 Å². The Bertz CT molecular complexity index is 347. The molecule has 1 heterocycles. The smallest absolute Gasteiger partial charge is 0.114 e. The summed E-state index contributed by atoms with van der Waals surface area (Å²) < 4.78 is 10.9. The molecule has 3 N–H and O–H groups in total. The molecule has 0 amide bonds. The third-order valence-corrected chi connectivity index (χ3v) is 4.97. The van der Waals surface area contributed by atoms with Crippen molar-refractivity contribution < 1.29 is 24.8 Å². The second kappa shape index (κ2) is 15.6. The molecule has 1 saturated heterocycles. The van der Waals surface area contributed by atoms with Crippen molar-refractivity contribution in [3.63, 3.8) is 0 Å². The molecule has 5 nitrogen and oxygen atoms in total. The molecule has 0 aliphatic carbocycles. The van der Waals surface area contributed by atoms with Crippen molar-refractivity contribution >= 4 is 0 Å². The van der Waals surface area contributed by atoms with Crippen LogP contribution >= 0.6 is 0 Å². The summed E-state index contributed by atoms with van der Waals surface area (Å²) in [5.41, 5.74) is 0. The molecule has 0 radical (unpaired) electrons. The Hall–Kier alpha value is -0.460. The molecule has 0 aromatic heterocycles. The molecule has 4 atom stereocenters. The van der Waals surface area contributed by atoms with Gasteiger partial charge < -0.3 is 24.8 Å². The largest absolute Gasteiger partial charge is 0.394 e. The van der Waals surface area contributed by atoms with E-state index >= 15 is 0 Å². The number of aliphatic hydroxyl groups excluding tert-OH is 3. The summed E-state index contributed by atoms with van der Waals surface area (Å²) in [7, 11) is 0. The Morgan fingerprint density at radius 3 is 2.12 bits per heavy atom. The van der Waals surface area contributed by atoms with Crippen LogP contribution in [0.4, 0.5) is 0 Å². The van der Waals surface area contributed by atoms with Crippen LogP contribution in [0.3, 0.4) is 0 Å². The number of allylic oxidation sites excluding steroid dienone is 2. The van der Waals surface area contributed by atoms with E-state index < -0.39 is 24.4 Å². The summed E-state index contributed by atoms with van der Waals surface area (Å²) in [6.07, 6.45) is 15.0. The van der Waals surface area contributed by atoms with Gasteiger partial charge in [-0.2, -0.15) is 0 Å². The maximum absolute atomic E-state index is 9.80. The van der Waals surface area contributed by atoms with E-state index in [4.69, 9.17) is 9.47 Å². The molecule has 0 aromatic rings. The average Bonchev–Trinajstić information content (AvgIpc) is 2.98. The van der Waals surface area contributed by atoms with Crippen LogP contribution in [-0.2, 0) is 9.47 Å². The van der Waals surface area contributed by atoms with Crippen molar-refractivity contribution in [1.82, 2.24) is 0 Å². The Balaban J connectivity index is 1.92. The first kappa shape index (κ1) is 23.6. The fourth-order valence-corrected chi connectivity index (χ4v) is 3.26. The monoisotopic (exact) mass is 372 g/mol. The SMILES string of the molecule is CCCCCCC/C=C/CCCCCCO[C@@H](CO)[C@@H]1OC[C@@H](O)[C@@H]1O. The standard InChI is InChI=1S/C21H40O5/c1-2-3-4-5-6-7-8-9-10-11-12-13-14-15-25-19(16-22)21-20(24)18(23)17-26-21/h8-9,18-24H,2-7,10-17H2,1H3/b9-8+/t18-,19+,20+,21+/m1/s1. The number of aliphatic hydroxyl groups is 3. The quantitative estimate of drug-likeness (QED) is 0.286. The molecule has 0 bridgehead atoms. The van der Waals surface area contributed by atoms with Gasteiger partial charge >= 0.3 is 0 Å². The maximum atomic E-state index is 9.80. The van der Waals surface area contributed by atoms with Crippen LogP contribution in [-0.4, -0.2) is 59.6 Å². The summed E-state index contributed by atoms with van der Waals surface area (Å²) in [4.78, 5) is 0. The second-order valence-corrected chi connectivity index (χ2v) is 7.32. The summed E-state index contributed by atoms with van der Waals surface area (Å²) in [5.74, 6) is 0. The lowest BCUT2D eigenvalue weighted by molar-refractivity contribution is -0.101. The van der Waals surface area contributed by atoms with Gasteiger partial charge in [-0.3, -0.25) is 0 Å². The minimum absolute atomic E-state index is 0.0952. The van der Waals surface area contributed by atoms with Crippen molar-refractivity contribution in [3.8, 4) is 0 Å². The molecule has 0 unspecified atom stereocenters. The first-order chi connectivity index (χ1) is 12.7. The molecular weight excluding hydrogens is 332 g/mol. The fraction of sp³-hybridized carbons (Fsp3) is 0.905. The number of hydrogen-bond acceptors (Lipinski definition) is 5. The molecule has 5 heteroatoms. The minimum atomic E-state index is -0.981. The van der Waals surface area contributed by atoms with E-state index in [9.17, 15) is 15.3 Å². The lowest BCUT2D eigenvalue weighted by Crippen LogP contribution is -2.42. The van der Waals surface area contributed by atoms with Crippen molar-refractivity contribution in [2.75, 3.05) is 19.8 Å². The summed E-state index contributed by atoms with van der Waals surface area (Å²) in [6.45, 7) is 2.67. The predicted molar refractivity (Wildman–Crippen MR) is 104 cm³/mol.